The minimum Gasteiger partial charge on any atom is -0.492 e. The van der Waals surface area contributed by atoms with Crippen LogP contribution in [0.2, 0.25) is 0 Å². The van der Waals surface area contributed by atoms with E-state index in [-0.39, 0.29) is 11.9 Å². The van der Waals surface area contributed by atoms with Crippen molar-refractivity contribution in [3.8, 4) is 5.75 Å². The van der Waals surface area contributed by atoms with Crippen molar-refractivity contribution >= 4 is 15.9 Å². The summed E-state index contributed by atoms with van der Waals surface area (Å²) in [4.78, 5) is 0. The molecule has 0 radical (unpaired) electrons. The maximum atomic E-state index is 14.0. The van der Waals surface area contributed by atoms with Gasteiger partial charge in [0.2, 0.25) is 0 Å². The first-order chi connectivity index (χ1) is 8.09. The molecule has 94 valence electrons. The van der Waals surface area contributed by atoms with Gasteiger partial charge in [-0.15, -0.1) is 0 Å². The van der Waals surface area contributed by atoms with Gasteiger partial charge in [-0.2, -0.15) is 0 Å². The SMILES string of the molecule is CC(C)NC1CCCOc2c(Br)ccc(F)c21. The van der Waals surface area contributed by atoms with Crippen LogP contribution in [0.3, 0.4) is 0 Å². The van der Waals surface area contributed by atoms with Gasteiger partial charge in [0.1, 0.15) is 11.6 Å². The standard InChI is InChI=1S/C13H17BrFNO/c1-8(2)16-11-4-3-7-17-13-9(14)5-6-10(15)12(11)13/h5-6,8,11,16H,3-4,7H2,1-2H3. The molecule has 1 unspecified atom stereocenters. The molecule has 0 amide bonds. The summed E-state index contributed by atoms with van der Waals surface area (Å²) in [5.41, 5.74) is 0.658. The van der Waals surface area contributed by atoms with Crippen LogP contribution in [0, 0.1) is 5.82 Å². The van der Waals surface area contributed by atoms with Crippen molar-refractivity contribution in [2.45, 2.75) is 38.8 Å². The van der Waals surface area contributed by atoms with E-state index in [1.807, 2.05) is 0 Å². The number of rotatable bonds is 2. The van der Waals surface area contributed by atoms with Crippen LogP contribution in [-0.2, 0) is 0 Å². The maximum Gasteiger partial charge on any atom is 0.141 e. The Labute approximate surface area is 110 Å². The summed E-state index contributed by atoms with van der Waals surface area (Å²) in [6.45, 7) is 4.79. The molecule has 0 saturated heterocycles. The largest absolute Gasteiger partial charge is 0.492 e. The van der Waals surface area contributed by atoms with E-state index in [2.05, 4.69) is 35.1 Å². The fourth-order valence-corrected chi connectivity index (χ4v) is 2.66. The monoisotopic (exact) mass is 301 g/mol. The number of nitrogens with one attached hydrogen (secondary N) is 1. The number of hydrogen-bond donors (Lipinski definition) is 1. The fraction of sp³-hybridized carbons (Fsp3) is 0.538. The number of hydrogen-bond acceptors (Lipinski definition) is 2. The summed E-state index contributed by atoms with van der Waals surface area (Å²) in [7, 11) is 0. The lowest BCUT2D eigenvalue weighted by Gasteiger charge is -2.21. The molecule has 0 bridgehead atoms. The zero-order valence-electron chi connectivity index (χ0n) is 10.1. The molecule has 1 aromatic rings. The van der Waals surface area contributed by atoms with Gasteiger partial charge < -0.3 is 10.1 Å². The van der Waals surface area contributed by atoms with Crippen LogP contribution in [0.5, 0.6) is 5.75 Å². The average molecular weight is 302 g/mol. The van der Waals surface area contributed by atoms with E-state index < -0.39 is 0 Å². The molecule has 2 rings (SSSR count). The van der Waals surface area contributed by atoms with E-state index >= 15 is 0 Å². The number of fused-ring (bicyclic) bond motifs is 1. The highest BCUT2D eigenvalue weighted by molar-refractivity contribution is 9.10. The molecule has 0 aliphatic carbocycles. The van der Waals surface area contributed by atoms with Crippen molar-refractivity contribution in [2.24, 2.45) is 0 Å². The summed E-state index contributed by atoms with van der Waals surface area (Å²) in [5, 5.41) is 3.41. The quantitative estimate of drug-likeness (QED) is 0.897. The number of benzene rings is 1. The Morgan fingerprint density at radius 1 is 1.47 bits per heavy atom. The first-order valence-electron chi connectivity index (χ1n) is 5.96. The van der Waals surface area contributed by atoms with E-state index in [0.717, 1.165) is 17.3 Å². The van der Waals surface area contributed by atoms with Gasteiger partial charge in [-0.3, -0.25) is 0 Å². The molecule has 4 heteroatoms. The highest BCUT2D eigenvalue weighted by Crippen LogP contribution is 2.39. The van der Waals surface area contributed by atoms with Crippen molar-refractivity contribution in [1.82, 2.24) is 5.32 Å². The summed E-state index contributed by atoms with van der Waals surface area (Å²) < 4.78 is 20.5. The van der Waals surface area contributed by atoms with Gasteiger partial charge in [-0.25, -0.2) is 4.39 Å². The van der Waals surface area contributed by atoms with Crippen LogP contribution in [-0.4, -0.2) is 12.6 Å². The Morgan fingerprint density at radius 3 is 2.94 bits per heavy atom. The van der Waals surface area contributed by atoms with Crippen LogP contribution in [0.1, 0.15) is 38.3 Å². The molecule has 0 spiro atoms. The Balaban J connectivity index is 2.43. The normalized spacial score (nSPS) is 19.7. The third kappa shape index (κ3) is 2.80. The Bertz CT molecular complexity index is 409. The second-order valence-corrected chi connectivity index (χ2v) is 5.49. The van der Waals surface area contributed by atoms with Crippen molar-refractivity contribution in [2.75, 3.05) is 6.61 Å². The lowest BCUT2D eigenvalue weighted by molar-refractivity contribution is 0.312. The molecule has 0 aromatic heterocycles. The van der Waals surface area contributed by atoms with Crippen molar-refractivity contribution in [3.05, 3.63) is 28.0 Å². The highest BCUT2D eigenvalue weighted by Gasteiger charge is 2.25. The average Bonchev–Trinajstić information content (AvgIpc) is 2.46. The third-order valence-electron chi connectivity index (χ3n) is 2.86. The molecule has 1 N–H and O–H groups in total. The van der Waals surface area contributed by atoms with Crippen LogP contribution in [0.25, 0.3) is 0 Å². The van der Waals surface area contributed by atoms with Crippen LogP contribution in [0.15, 0.2) is 16.6 Å². The molecular weight excluding hydrogens is 285 g/mol. The summed E-state index contributed by atoms with van der Waals surface area (Å²) in [6, 6.07) is 3.55. The zero-order chi connectivity index (χ0) is 12.4. The van der Waals surface area contributed by atoms with Crippen LogP contribution >= 0.6 is 15.9 Å². The smallest absolute Gasteiger partial charge is 0.141 e. The molecule has 2 nitrogen and oxygen atoms in total. The van der Waals surface area contributed by atoms with E-state index in [0.29, 0.717) is 24.0 Å². The van der Waals surface area contributed by atoms with Gasteiger partial charge in [0.25, 0.3) is 0 Å². The Morgan fingerprint density at radius 2 is 2.24 bits per heavy atom. The highest BCUT2D eigenvalue weighted by atomic mass is 79.9. The predicted octanol–water partition coefficient (Wildman–Crippen LogP) is 3.80. The van der Waals surface area contributed by atoms with Gasteiger partial charge in [0.05, 0.1) is 11.1 Å². The summed E-state index contributed by atoms with van der Waals surface area (Å²) in [6.07, 6.45) is 1.84. The van der Waals surface area contributed by atoms with E-state index in [1.54, 1.807) is 6.07 Å². The van der Waals surface area contributed by atoms with Crippen molar-refractivity contribution < 1.29 is 9.13 Å². The minimum atomic E-state index is -0.191. The van der Waals surface area contributed by atoms with Gasteiger partial charge in [-0.05, 0) is 40.9 Å². The van der Waals surface area contributed by atoms with Crippen LogP contribution in [0.4, 0.5) is 4.39 Å². The molecule has 1 aliphatic heterocycles. The predicted molar refractivity (Wildman–Crippen MR) is 69.8 cm³/mol. The fourth-order valence-electron chi connectivity index (χ4n) is 2.20. The molecular formula is C13H17BrFNO. The lowest BCUT2D eigenvalue weighted by atomic mass is 10.0. The summed E-state index contributed by atoms with van der Waals surface area (Å²) >= 11 is 3.43. The molecule has 0 saturated carbocycles. The second-order valence-electron chi connectivity index (χ2n) is 4.64. The van der Waals surface area contributed by atoms with Crippen molar-refractivity contribution in [1.29, 1.82) is 0 Å². The van der Waals surface area contributed by atoms with Crippen LogP contribution < -0.4 is 10.1 Å². The number of halogens is 2. The zero-order valence-corrected chi connectivity index (χ0v) is 11.7. The van der Waals surface area contributed by atoms with Gasteiger partial charge >= 0.3 is 0 Å². The molecule has 1 heterocycles. The summed E-state index contributed by atoms with van der Waals surface area (Å²) in [5.74, 6) is 0.462. The van der Waals surface area contributed by atoms with Gasteiger partial charge in [-0.1, -0.05) is 13.8 Å². The minimum absolute atomic E-state index is 0.0324. The van der Waals surface area contributed by atoms with Crippen molar-refractivity contribution in [3.63, 3.8) is 0 Å². The molecule has 1 aliphatic rings. The molecule has 17 heavy (non-hydrogen) atoms. The molecule has 1 aromatic carbocycles. The second kappa shape index (κ2) is 5.36. The molecule has 0 fully saturated rings. The lowest BCUT2D eigenvalue weighted by Crippen LogP contribution is -2.28. The number of ether oxygens (including phenoxy) is 1. The third-order valence-corrected chi connectivity index (χ3v) is 3.49. The van der Waals surface area contributed by atoms with E-state index in [4.69, 9.17) is 4.74 Å². The van der Waals surface area contributed by atoms with Gasteiger partial charge in [0.15, 0.2) is 0 Å². The maximum absolute atomic E-state index is 14.0. The Hall–Kier alpha value is -0.610. The Kier molecular flexibility index (Phi) is 4.05. The first kappa shape index (κ1) is 12.8. The van der Waals surface area contributed by atoms with E-state index in [9.17, 15) is 4.39 Å². The van der Waals surface area contributed by atoms with E-state index in [1.165, 1.54) is 6.07 Å². The van der Waals surface area contributed by atoms with Gasteiger partial charge in [0, 0.05) is 17.6 Å². The topological polar surface area (TPSA) is 21.3 Å². The first-order valence-corrected chi connectivity index (χ1v) is 6.75. The molecule has 1 atom stereocenters.